The van der Waals surface area contributed by atoms with E-state index >= 15 is 0 Å². The van der Waals surface area contributed by atoms with E-state index in [9.17, 15) is 4.79 Å². The summed E-state index contributed by atoms with van der Waals surface area (Å²) in [6.07, 6.45) is 0.969. The van der Waals surface area contributed by atoms with E-state index in [1.165, 1.54) is 0 Å². The molecule has 0 bridgehead atoms. The SMILES string of the molecule is CCOc1ccc(NC(=O)CCc2csc(-c3ccccc3OC)n2)cc1. The zero-order valence-corrected chi connectivity index (χ0v) is 16.2. The number of aromatic nitrogens is 1. The summed E-state index contributed by atoms with van der Waals surface area (Å²) in [7, 11) is 1.65. The summed E-state index contributed by atoms with van der Waals surface area (Å²) >= 11 is 1.56. The van der Waals surface area contributed by atoms with Gasteiger partial charge in [0.2, 0.25) is 5.91 Å². The van der Waals surface area contributed by atoms with Crippen LogP contribution in [0.3, 0.4) is 0 Å². The lowest BCUT2D eigenvalue weighted by atomic mass is 10.2. The average molecular weight is 382 g/mol. The van der Waals surface area contributed by atoms with Gasteiger partial charge in [0.1, 0.15) is 16.5 Å². The van der Waals surface area contributed by atoms with Crippen molar-refractivity contribution in [2.75, 3.05) is 19.0 Å². The Balaban J connectivity index is 1.56. The van der Waals surface area contributed by atoms with Crippen LogP contribution in [0.1, 0.15) is 19.0 Å². The van der Waals surface area contributed by atoms with E-state index in [2.05, 4.69) is 10.3 Å². The highest BCUT2D eigenvalue weighted by Gasteiger charge is 2.11. The van der Waals surface area contributed by atoms with Crippen molar-refractivity contribution < 1.29 is 14.3 Å². The fourth-order valence-electron chi connectivity index (χ4n) is 2.63. The number of aryl methyl sites for hydroxylation is 1. The summed E-state index contributed by atoms with van der Waals surface area (Å²) in [5, 5.41) is 5.79. The quantitative estimate of drug-likeness (QED) is 0.609. The molecular weight excluding hydrogens is 360 g/mol. The first-order valence-corrected chi connectivity index (χ1v) is 9.68. The number of ether oxygens (including phenoxy) is 2. The topological polar surface area (TPSA) is 60.5 Å². The zero-order valence-electron chi connectivity index (χ0n) is 15.4. The van der Waals surface area contributed by atoms with Crippen LogP contribution in [0.25, 0.3) is 10.6 Å². The van der Waals surface area contributed by atoms with Gasteiger partial charge in [-0.2, -0.15) is 0 Å². The van der Waals surface area contributed by atoms with E-state index in [0.717, 1.165) is 33.5 Å². The van der Waals surface area contributed by atoms with Gasteiger partial charge in [-0.05, 0) is 49.7 Å². The Hall–Kier alpha value is -2.86. The molecule has 1 aromatic heterocycles. The standard InChI is InChI=1S/C21H22N2O3S/c1-3-26-17-11-8-15(9-12-17)22-20(24)13-10-16-14-27-21(23-16)18-6-4-5-7-19(18)25-2/h4-9,11-12,14H,3,10,13H2,1-2H3,(H,22,24). The van der Waals surface area contributed by atoms with Crippen molar-refractivity contribution in [1.82, 2.24) is 4.98 Å². The molecule has 0 aliphatic rings. The van der Waals surface area contributed by atoms with Crippen molar-refractivity contribution in [3.05, 3.63) is 59.6 Å². The predicted octanol–water partition coefficient (Wildman–Crippen LogP) is 4.79. The van der Waals surface area contributed by atoms with Gasteiger partial charge in [0.25, 0.3) is 0 Å². The number of amides is 1. The molecule has 0 aliphatic heterocycles. The van der Waals surface area contributed by atoms with E-state index < -0.39 is 0 Å². The first kappa shape index (κ1) is 18.9. The van der Waals surface area contributed by atoms with Crippen molar-refractivity contribution in [2.24, 2.45) is 0 Å². The number of carbonyl (C=O) groups excluding carboxylic acids is 1. The number of para-hydroxylation sites is 1. The third kappa shape index (κ3) is 5.08. The number of benzene rings is 2. The summed E-state index contributed by atoms with van der Waals surface area (Å²) in [5.74, 6) is 1.56. The van der Waals surface area contributed by atoms with Crippen LogP contribution in [-0.4, -0.2) is 24.6 Å². The fourth-order valence-corrected chi connectivity index (χ4v) is 3.52. The number of nitrogens with zero attached hydrogens (tertiary/aromatic N) is 1. The Morgan fingerprint density at radius 2 is 1.93 bits per heavy atom. The second kappa shape index (κ2) is 9.19. The fraction of sp³-hybridized carbons (Fsp3) is 0.238. The van der Waals surface area contributed by atoms with Gasteiger partial charge in [-0.15, -0.1) is 11.3 Å². The van der Waals surface area contributed by atoms with E-state index in [1.807, 2.05) is 60.8 Å². The number of hydrogen-bond donors (Lipinski definition) is 1. The van der Waals surface area contributed by atoms with Crippen molar-refractivity contribution in [3.63, 3.8) is 0 Å². The van der Waals surface area contributed by atoms with E-state index in [0.29, 0.717) is 19.4 Å². The molecule has 0 radical (unpaired) electrons. The van der Waals surface area contributed by atoms with Gasteiger partial charge >= 0.3 is 0 Å². The Bertz CT molecular complexity index is 890. The number of carbonyl (C=O) groups is 1. The van der Waals surface area contributed by atoms with E-state index in [4.69, 9.17) is 9.47 Å². The lowest BCUT2D eigenvalue weighted by Crippen LogP contribution is -2.12. The Labute approximate surface area is 163 Å². The molecule has 3 aromatic rings. The number of nitrogens with one attached hydrogen (secondary N) is 1. The monoisotopic (exact) mass is 382 g/mol. The molecule has 0 aliphatic carbocycles. The minimum atomic E-state index is -0.0361. The van der Waals surface area contributed by atoms with Gasteiger partial charge in [0.05, 0.1) is 25.0 Å². The predicted molar refractivity (Wildman–Crippen MR) is 109 cm³/mol. The summed E-state index contributed by atoms with van der Waals surface area (Å²) < 4.78 is 10.8. The maximum absolute atomic E-state index is 12.2. The summed E-state index contributed by atoms with van der Waals surface area (Å²) in [6.45, 7) is 2.56. The molecule has 2 aromatic carbocycles. The van der Waals surface area contributed by atoms with Gasteiger partial charge in [-0.1, -0.05) is 12.1 Å². The molecule has 0 saturated carbocycles. The number of methoxy groups -OCH3 is 1. The van der Waals surface area contributed by atoms with Crippen LogP contribution in [-0.2, 0) is 11.2 Å². The van der Waals surface area contributed by atoms with Gasteiger partial charge in [0, 0.05) is 17.5 Å². The summed E-state index contributed by atoms with van der Waals surface area (Å²) in [5.41, 5.74) is 2.63. The molecule has 0 fully saturated rings. The van der Waals surface area contributed by atoms with Crippen LogP contribution in [0.2, 0.25) is 0 Å². The third-order valence-electron chi connectivity index (χ3n) is 3.95. The number of thiazole rings is 1. The van der Waals surface area contributed by atoms with Crippen molar-refractivity contribution in [3.8, 4) is 22.1 Å². The molecule has 0 saturated heterocycles. The largest absolute Gasteiger partial charge is 0.496 e. The molecule has 3 rings (SSSR count). The maximum atomic E-state index is 12.2. The second-order valence-electron chi connectivity index (χ2n) is 5.85. The highest BCUT2D eigenvalue weighted by atomic mass is 32.1. The minimum absolute atomic E-state index is 0.0361. The first-order chi connectivity index (χ1) is 13.2. The molecule has 0 spiro atoms. The lowest BCUT2D eigenvalue weighted by Gasteiger charge is -2.07. The Morgan fingerprint density at radius 1 is 1.15 bits per heavy atom. The molecule has 140 valence electrons. The van der Waals surface area contributed by atoms with Crippen LogP contribution in [0.5, 0.6) is 11.5 Å². The first-order valence-electron chi connectivity index (χ1n) is 8.80. The molecule has 27 heavy (non-hydrogen) atoms. The molecule has 0 atom stereocenters. The van der Waals surface area contributed by atoms with Crippen molar-refractivity contribution in [2.45, 2.75) is 19.8 Å². The van der Waals surface area contributed by atoms with Gasteiger partial charge in [0.15, 0.2) is 0 Å². The smallest absolute Gasteiger partial charge is 0.224 e. The van der Waals surface area contributed by atoms with E-state index in [-0.39, 0.29) is 5.91 Å². The highest BCUT2D eigenvalue weighted by Crippen LogP contribution is 2.32. The normalized spacial score (nSPS) is 10.4. The molecular formula is C21H22N2O3S. The number of anilines is 1. The molecule has 0 unspecified atom stereocenters. The van der Waals surface area contributed by atoms with Gasteiger partial charge in [-0.3, -0.25) is 4.79 Å². The molecule has 1 N–H and O–H groups in total. The number of rotatable bonds is 8. The van der Waals surface area contributed by atoms with Crippen molar-refractivity contribution in [1.29, 1.82) is 0 Å². The Kier molecular flexibility index (Phi) is 6.44. The lowest BCUT2D eigenvalue weighted by molar-refractivity contribution is -0.116. The van der Waals surface area contributed by atoms with Crippen LogP contribution in [0.15, 0.2) is 53.9 Å². The van der Waals surface area contributed by atoms with Crippen LogP contribution < -0.4 is 14.8 Å². The van der Waals surface area contributed by atoms with Crippen LogP contribution in [0.4, 0.5) is 5.69 Å². The minimum Gasteiger partial charge on any atom is -0.496 e. The summed E-state index contributed by atoms with van der Waals surface area (Å²) in [4.78, 5) is 16.8. The second-order valence-corrected chi connectivity index (χ2v) is 6.71. The third-order valence-corrected chi connectivity index (χ3v) is 4.87. The molecule has 6 heteroatoms. The van der Waals surface area contributed by atoms with Gasteiger partial charge in [-0.25, -0.2) is 4.98 Å². The molecule has 5 nitrogen and oxygen atoms in total. The van der Waals surface area contributed by atoms with Gasteiger partial charge < -0.3 is 14.8 Å². The zero-order chi connectivity index (χ0) is 19.1. The average Bonchev–Trinajstić information content (AvgIpc) is 3.17. The Morgan fingerprint density at radius 3 is 2.67 bits per heavy atom. The molecule has 1 heterocycles. The van der Waals surface area contributed by atoms with Crippen LogP contribution in [0, 0.1) is 0 Å². The highest BCUT2D eigenvalue weighted by molar-refractivity contribution is 7.13. The maximum Gasteiger partial charge on any atom is 0.224 e. The molecule has 1 amide bonds. The van der Waals surface area contributed by atoms with E-state index in [1.54, 1.807) is 18.4 Å². The van der Waals surface area contributed by atoms with Crippen LogP contribution >= 0.6 is 11.3 Å². The number of hydrogen-bond acceptors (Lipinski definition) is 5. The van der Waals surface area contributed by atoms with Crippen molar-refractivity contribution >= 4 is 22.9 Å². The summed E-state index contributed by atoms with van der Waals surface area (Å²) in [6, 6.07) is 15.2.